The SMILES string of the molecule is CCN(CC)CC1CCCCN1C1OC1C1=C(C)Nc2ccnn2C1c1ccc(Cl)c(Cl)c1. The molecule has 5 rings (SSSR count). The minimum Gasteiger partial charge on any atom is -0.348 e. The van der Waals surface area contributed by atoms with E-state index in [1.54, 1.807) is 0 Å². The second-order valence-corrected chi connectivity index (χ2v) is 10.1. The Morgan fingerprint density at radius 2 is 1.97 bits per heavy atom. The third-order valence-electron chi connectivity index (χ3n) is 7.36. The fraction of sp³-hybridized carbons (Fsp3) is 0.560. The molecule has 178 valence electrons. The molecule has 2 fully saturated rings. The van der Waals surface area contributed by atoms with Gasteiger partial charge in [0.05, 0.1) is 16.2 Å². The summed E-state index contributed by atoms with van der Waals surface area (Å²) in [6.07, 6.45) is 5.74. The highest BCUT2D eigenvalue weighted by molar-refractivity contribution is 6.42. The van der Waals surface area contributed by atoms with Crippen LogP contribution in [0.3, 0.4) is 0 Å². The second-order valence-electron chi connectivity index (χ2n) is 9.26. The van der Waals surface area contributed by atoms with Gasteiger partial charge in [0.25, 0.3) is 0 Å². The van der Waals surface area contributed by atoms with Crippen molar-refractivity contribution in [2.75, 3.05) is 31.5 Å². The summed E-state index contributed by atoms with van der Waals surface area (Å²) in [5, 5.41) is 9.30. The van der Waals surface area contributed by atoms with Crippen molar-refractivity contribution in [1.82, 2.24) is 19.6 Å². The molecular formula is C25H33Cl2N5O. The fourth-order valence-corrected chi connectivity index (χ4v) is 5.82. The van der Waals surface area contributed by atoms with Crippen LogP contribution in [0.4, 0.5) is 5.82 Å². The Labute approximate surface area is 206 Å². The average Bonchev–Trinajstić information content (AvgIpc) is 3.46. The number of ether oxygens (including phenoxy) is 1. The number of rotatable bonds is 7. The van der Waals surface area contributed by atoms with E-state index in [-0.39, 0.29) is 18.4 Å². The van der Waals surface area contributed by atoms with Crippen LogP contribution in [0.15, 0.2) is 41.7 Å². The van der Waals surface area contributed by atoms with Gasteiger partial charge in [0.2, 0.25) is 0 Å². The van der Waals surface area contributed by atoms with Crippen LogP contribution in [0.1, 0.15) is 51.6 Å². The van der Waals surface area contributed by atoms with Gasteiger partial charge >= 0.3 is 0 Å². The van der Waals surface area contributed by atoms with Crippen molar-refractivity contribution >= 4 is 29.0 Å². The number of nitrogens with one attached hydrogen (secondary N) is 1. The first kappa shape index (κ1) is 23.2. The number of anilines is 1. The number of allylic oxidation sites excluding steroid dienone is 1. The molecule has 6 nitrogen and oxygen atoms in total. The molecule has 2 aromatic rings. The smallest absolute Gasteiger partial charge is 0.142 e. The molecule has 0 spiro atoms. The molecule has 3 aliphatic heterocycles. The van der Waals surface area contributed by atoms with Gasteiger partial charge in [-0.05, 0) is 50.6 Å². The summed E-state index contributed by atoms with van der Waals surface area (Å²) in [7, 11) is 0. The number of fused-ring (bicyclic) bond motifs is 1. The quantitative estimate of drug-likeness (QED) is 0.527. The fourth-order valence-electron chi connectivity index (χ4n) is 5.51. The highest BCUT2D eigenvalue weighted by Crippen LogP contribution is 2.46. The molecule has 0 amide bonds. The van der Waals surface area contributed by atoms with E-state index in [0.29, 0.717) is 16.1 Å². The van der Waals surface area contributed by atoms with Crippen molar-refractivity contribution in [2.24, 2.45) is 0 Å². The first-order valence-electron chi connectivity index (χ1n) is 12.1. The number of halogens is 2. The van der Waals surface area contributed by atoms with Gasteiger partial charge < -0.3 is 15.0 Å². The Kier molecular flexibility index (Phi) is 6.74. The van der Waals surface area contributed by atoms with E-state index in [2.05, 4.69) is 41.0 Å². The van der Waals surface area contributed by atoms with Crippen molar-refractivity contribution in [1.29, 1.82) is 0 Å². The third kappa shape index (κ3) is 4.44. The monoisotopic (exact) mass is 489 g/mol. The summed E-state index contributed by atoms with van der Waals surface area (Å²) in [5.41, 5.74) is 3.42. The summed E-state index contributed by atoms with van der Waals surface area (Å²) >= 11 is 12.7. The van der Waals surface area contributed by atoms with E-state index in [0.717, 1.165) is 43.3 Å². The van der Waals surface area contributed by atoms with Crippen molar-refractivity contribution in [2.45, 2.75) is 64.4 Å². The molecule has 0 bridgehead atoms. The van der Waals surface area contributed by atoms with Crippen LogP contribution in [0.25, 0.3) is 0 Å². The first-order chi connectivity index (χ1) is 16.0. The molecule has 0 aliphatic carbocycles. The molecule has 0 radical (unpaired) electrons. The predicted molar refractivity (Wildman–Crippen MR) is 134 cm³/mol. The largest absolute Gasteiger partial charge is 0.348 e. The number of hydrogen-bond acceptors (Lipinski definition) is 5. The topological polar surface area (TPSA) is 48.9 Å². The average molecular weight is 490 g/mol. The van der Waals surface area contributed by atoms with E-state index in [4.69, 9.17) is 27.9 Å². The number of benzene rings is 1. The van der Waals surface area contributed by atoms with Crippen LogP contribution in [0.5, 0.6) is 0 Å². The summed E-state index contributed by atoms with van der Waals surface area (Å²) < 4.78 is 8.48. The predicted octanol–water partition coefficient (Wildman–Crippen LogP) is 5.40. The van der Waals surface area contributed by atoms with Crippen molar-refractivity contribution in [3.63, 3.8) is 0 Å². The minimum absolute atomic E-state index is 0.0339. The van der Waals surface area contributed by atoms with E-state index < -0.39 is 0 Å². The first-order valence-corrected chi connectivity index (χ1v) is 12.9. The maximum Gasteiger partial charge on any atom is 0.142 e. The zero-order valence-electron chi connectivity index (χ0n) is 19.6. The van der Waals surface area contributed by atoms with Crippen LogP contribution in [0, 0.1) is 0 Å². The molecular weight excluding hydrogens is 457 g/mol. The van der Waals surface area contributed by atoms with Crippen molar-refractivity contribution in [3.05, 3.63) is 57.3 Å². The molecule has 4 heterocycles. The van der Waals surface area contributed by atoms with Crippen LogP contribution in [-0.2, 0) is 4.74 Å². The van der Waals surface area contributed by atoms with Gasteiger partial charge in [0, 0.05) is 36.5 Å². The second kappa shape index (κ2) is 9.59. The molecule has 4 atom stereocenters. The zero-order chi connectivity index (χ0) is 23.1. The number of epoxide rings is 1. The van der Waals surface area contributed by atoms with Gasteiger partial charge in [-0.25, -0.2) is 4.68 Å². The Morgan fingerprint density at radius 1 is 1.15 bits per heavy atom. The van der Waals surface area contributed by atoms with Gasteiger partial charge in [-0.2, -0.15) is 5.10 Å². The zero-order valence-corrected chi connectivity index (χ0v) is 21.1. The molecule has 3 aliphatic rings. The van der Waals surface area contributed by atoms with Crippen LogP contribution >= 0.6 is 23.2 Å². The Bertz CT molecular complexity index is 1030. The molecule has 0 saturated carbocycles. The lowest BCUT2D eigenvalue weighted by Crippen LogP contribution is -2.48. The van der Waals surface area contributed by atoms with Gasteiger partial charge in [-0.1, -0.05) is 49.5 Å². The normalized spacial score (nSPS) is 27.6. The highest BCUT2D eigenvalue weighted by Gasteiger charge is 2.52. The standard InChI is InChI=1S/C25H33Cl2N5O/c1-4-30(5-2)15-18-8-6-7-13-31(18)25-24(33-25)22-16(3)29-21-11-12-28-32(21)23(22)17-9-10-19(26)20(27)14-17/h9-12,14,18,23-25,29H,4-8,13,15H2,1-3H3. The molecule has 33 heavy (non-hydrogen) atoms. The number of hydrogen-bond donors (Lipinski definition) is 1. The Balaban J connectivity index is 1.44. The number of aromatic nitrogens is 2. The van der Waals surface area contributed by atoms with Crippen molar-refractivity contribution < 1.29 is 4.74 Å². The summed E-state index contributed by atoms with van der Waals surface area (Å²) in [4.78, 5) is 5.14. The summed E-state index contributed by atoms with van der Waals surface area (Å²) in [6.45, 7) is 11.0. The lowest BCUT2D eigenvalue weighted by Gasteiger charge is -2.38. The summed E-state index contributed by atoms with van der Waals surface area (Å²) in [5.74, 6) is 0.974. The van der Waals surface area contributed by atoms with E-state index in [1.165, 1.54) is 24.8 Å². The molecule has 1 aromatic carbocycles. The van der Waals surface area contributed by atoms with E-state index in [9.17, 15) is 0 Å². The number of likely N-dealkylation sites (N-methyl/N-ethyl adjacent to an activating group) is 1. The lowest BCUT2D eigenvalue weighted by atomic mass is 9.92. The molecule has 2 saturated heterocycles. The van der Waals surface area contributed by atoms with Gasteiger partial charge in [0.15, 0.2) is 0 Å². The van der Waals surface area contributed by atoms with Crippen LogP contribution < -0.4 is 5.32 Å². The molecule has 1 N–H and O–H groups in total. The number of nitrogens with zero attached hydrogens (tertiary/aromatic N) is 4. The Hall–Kier alpha value is -1.57. The number of piperidine rings is 1. The molecule has 4 unspecified atom stereocenters. The van der Waals surface area contributed by atoms with Crippen molar-refractivity contribution in [3.8, 4) is 0 Å². The van der Waals surface area contributed by atoms with Crippen LogP contribution in [-0.4, -0.2) is 64.1 Å². The molecule has 1 aromatic heterocycles. The van der Waals surface area contributed by atoms with E-state index in [1.807, 2.05) is 35.1 Å². The minimum atomic E-state index is -0.0768. The molecule has 8 heteroatoms. The van der Waals surface area contributed by atoms with Gasteiger partial charge in [0.1, 0.15) is 24.2 Å². The summed E-state index contributed by atoms with van der Waals surface area (Å²) in [6, 6.07) is 8.33. The Morgan fingerprint density at radius 3 is 2.73 bits per heavy atom. The highest BCUT2D eigenvalue weighted by atomic mass is 35.5. The van der Waals surface area contributed by atoms with E-state index >= 15 is 0 Å². The third-order valence-corrected chi connectivity index (χ3v) is 8.09. The van der Waals surface area contributed by atoms with Crippen LogP contribution in [0.2, 0.25) is 10.0 Å². The number of likely N-dealkylation sites (tertiary alicyclic amines) is 1. The lowest BCUT2D eigenvalue weighted by molar-refractivity contribution is 0.0643. The van der Waals surface area contributed by atoms with Gasteiger partial charge in [-0.15, -0.1) is 0 Å². The maximum atomic E-state index is 6.45. The van der Waals surface area contributed by atoms with Gasteiger partial charge in [-0.3, -0.25) is 4.90 Å². The maximum absolute atomic E-state index is 6.45.